The second-order valence-electron chi connectivity index (χ2n) is 12.0. The van der Waals surface area contributed by atoms with Gasteiger partial charge in [0.15, 0.2) is 0 Å². The topological polar surface area (TPSA) is 142 Å². The Morgan fingerprint density at radius 1 is 0.885 bits per heavy atom. The first-order chi connectivity index (χ1) is 24.7. The number of nitrogens with one attached hydrogen (secondary N) is 1. The van der Waals surface area contributed by atoms with E-state index in [1.54, 1.807) is 18.3 Å². The number of carboxylic acid groups (broad SMARTS) is 1. The largest absolute Gasteiger partial charge is 0.493 e. The third-order valence-electron chi connectivity index (χ3n) is 8.46. The average Bonchev–Trinajstić information content (AvgIpc) is 3.13. The summed E-state index contributed by atoms with van der Waals surface area (Å²) in [5.74, 6) is 0.747. The Morgan fingerprint density at radius 2 is 1.62 bits per heavy atom. The van der Waals surface area contributed by atoms with Crippen molar-refractivity contribution in [1.82, 2.24) is 10.3 Å². The van der Waals surface area contributed by atoms with Crippen molar-refractivity contribution in [2.45, 2.75) is 65.3 Å². The van der Waals surface area contributed by atoms with E-state index >= 15 is 0 Å². The molecule has 0 fully saturated rings. The van der Waals surface area contributed by atoms with E-state index < -0.39 is 12.0 Å². The molecule has 0 spiro atoms. The third-order valence-corrected chi connectivity index (χ3v) is 9.02. The van der Waals surface area contributed by atoms with Crippen molar-refractivity contribution in [2.24, 2.45) is 5.73 Å². The van der Waals surface area contributed by atoms with Gasteiger partial charge >= 0.3 is 11.9 Å². The molecule has 4 aromatic rings. The molecule has 1 heterocycles. The smallest absolute Gasteiger partial charge is 0.337 e. The lowest BCUT2D eigenvalue weighted by Crippen LogP contribution is -2.37. The predicted octanol–water partition coefficient (Wildman–Crippen LogP) is 8.06. The monoisotopic (exact) mass is 773 g/mol. The number of benzene rings is 3. The van der Waals surface area contributed by atoms with Gasteiger partial charge in [-0.3, -0.25) is 9.78 Å². The van der Waals surface area contributed by atoms with Crippen LogP contribution in [0.15, 0.2) is 67.0 Å². The second-order valence-corrected chi connectivity index (χ2v) is 12.8. The average molecular weight is 775 g/mol. The minimum Gasteiger partial charge on any atom is -0.493 e. The van der Waals surface area contributed by atoms with Crippen molar-refractivity contribution in [1.29, 1.82) is 0 Å². The van der Waals surface area contributed by atoms with Crippen molar-refractivity contribution in [3.63, 3.8) is 0 Å². The molecule has 1 unspecified atom stereocenters. The molecule has 0 aliphatic heterocycles. The zero-order valence-electron chi connectivity index (χ0n) is 29.6. The van der Waals surface area contributed by atoms with Crippen LogP contribution < -0.4 is 25.3 Å². The van der Waals surface area contributed by atoms with Gasteiger partial charge < -0.3 is 35.1 Å². The molecule has 280 valence electrons. The Hall–Kier alpha value is -4.06. The fourth-order valence-corrected chi connectivity index (χ4v) is 5.91. The van der Waals surface area contributed by atoms with Gasteiger partial charge in [0.2, 0.25) is 0 Å². The van der Waals surface area contributed by atoms with Gasteiger partial charge in [-0.25, -0.2) is 4.79 Å². The lowest BCUT2D eigenvalue weighted by atomic mass is 9.93. The van der Waals surface area contributed by atoms with Gasteiger partial charge in [0, 0.05) is 42.0 Å². The molecule has 0 saturated heterocycles. The van der Waals surface area contributed by atoms with Crippen LogP contribution in [0.2, 0.25) is 5.02 Å². The Balaban J connectivity index is 0.00000729. The number of aromatic carboxylic acids is 1. The summed E-state index contributed by atoms with van der Waals surface area (Å²) in [4.78, 5) is 28.1. The number of hydrogen-bond donors (Lipinski definition) is 3. The maximum Gasteiger partial charge on any atom is 0.337 e. The number of methoxy groups -OCH3 is 1. The van der Waals surface area contributed by atoms with Crippen molar-refractivity contribution < 1.29 is 33.6 Å². The van der Waals surface area contributed by atoms with Crippen LogP contribution >= 0.6 is 35.6 Å². The molecular formula is C39H46Cl3N3O7. The van der Waals surface area contributed by atoms with Gasteiger partial charge in [-0.05, 0) is 85.7 Å². The van der Waals surface area contributed by atoms with Crippen LogP contribution in [0.3, 0.4) is 0 Å². The lowest BCUT2D eigenvalue weighted by molar-refractivity contribution is -0.143. The van der Waals surface area contributed by atoms with Crippen molar-refractivity contribution in [3.05, 3.63) is 105 Å². The molecule has 13 heteroatoms. The molecule has 10 nitrogen and oxygen atoms in total. The second kappa shape index (κ2) is 21.5. The number of esters is 1. The summed E-state index contributed by atoms with van der Waals surface area (Å²) < 4.78 is 23.5. The van der Waals surface area contributed by atoms with E-state index in [4.69, 9.17) is 47.9 Å². The maximum absolute atomic E-state index is 12.5. The number of pyridine rings is 1. The van der Waals surface area contributed by atoms with E-state index in [0.717, 1.165) is 52.8 Å². The van der Waals surface area contributed by atoms with E-state index in [1.165, 1.54) is 19.4 Å². The van der Waals surface area contributed by atoms with Crippen molar-refractivity contribution in [2.75, 3.05) is 26.1 Å². The number of ether oxygens (including phenoxy) is 4. The van der Waals surface area contributed by atoms with Crippen LogP contribution in [-0.4, -0.2) is 54.2 Å². The number of aromatic nitrogens is 1. The van der Waals surface area contributed by atoms with Gasteiger partial charge in [-0.1, -0.05) is 48.4 Å². The number of carboxylic acids is 1. The molecule has 1 aromatic heterocycles. The molecule has 0 aliphatic rings. The minimum absolute atomic E-state index is 0. The number of unbranched alkanes of at least 4 members (excludes halogenated alkanes) is 1. The summed E-state index contributed by atoms with van der Waals surface area (Å²) in [6.45, 7) is 5.69. The number of alkyl halides is 1. The molecule has 0 bridgehead atoms. The van der Waals surface area contributed by atoms with Crippen LogP contribution in [0, 0.1) is 13.8 Å². The summed E-state index contributed by atoms with van der Waals surface area (Å²) in [6.07, 6.45) is 5.67. The van der Waals surface area contributed by atoms with Crippen molar-refractivity contribution in [3.8, 4) is 28.4 Å². The fraction of sp³-hybridized carbons (Fsp3) is 0.359. The fourth-order valence-electron chi connectivity index (χ4n) is 5.56. The van der Waals surface area contributed by atoms with Crippen LogP contribution in [0.1, 0.15) is 63.9 Å². The molecule has 3 aromatic carbocycles. The maximum atomic E-state index is 12.5. The van der Waals surface area contributed by atoms with Gasteiger partial charge in [0.1, 0.15) is 36.5 Å². The van der Waals surface area contributed by atoms with Crippen molar-refractivity contribution >= 4 is 47.5 Å². The zero-order valence-corrected chi connectivity index (χ0v) is 31.9. The van der Waals surface area contributed by atoms with Crippen LogP contribution in [0.5, 0.6) is 17.2 Å². The van der Waals surface area contributed by atoms with Crippen LogP contribution in [0.25, 0.3) is 11.1 Å². The summed E-state index contributed by atoms with van der Waals surface area (Å²) >= 11 is 12.6. The molecule has 1 atom stereocenters. The normalized spacial score (nSPS) is 11.3. The van der Waals surface area contributed by atoms with Crippen LogP contribution in [0.4, 0.5) is 0 Å². The van der Waals surface area contributed by atoms with Gasteiger partial charge in [0.25, 0.3) is 0 Å². The molecule has 52 heavy (non-hydrogen) atoms. The van der Waals surface area contributed by atoms with E-state index in [1.807, 2.05) is 31.2 Å². The summed E-state index contributed by atoms with van der Waals surface area (Å²) in [5.41, 5.74) is 12.1. The van der Waals surface area contributed by atoms with E-state index in [-0.39, 0.29) is 43.7 Å². The Kier molecular flexibility index (Phi) is 17.5. The first-order valence-electron chi connectivity index (χ1n) is 16.8. The highest BCUT2D eigenvalue weighted by molar-refractivity contribution is 6.32. The number of nitrogens with zero attached hydrogens (tertiary/aromatic N) is 1. The SMILES string of the molecule is COC(=O)C(CCCCN)NCc1cc(Cl)c(OCc2cccc(-c3cccc(OCCCCl)c3C)c2C)cc1OCc1cncc(C(=O)O)c1.Cl. The number of nitrogens with two attached hydrogens (primary N) is 1. The quantitative estimate of drug-likeness (QED) is 0.0459. The highest BCUT2D eigenvalue weighted by atomic mass is 35.5. The Morgan fingerprint density at radius 3 is 2.33 bits per heavy atom. The van der Waals surface area contributed by atoms with Gasteiger partial charge in [0.05, 0.1) is 24.3 Å². The molecule has 0 saturated carbocycles. The number of halogens is 3. The van der Waals surface area contributed by atoms with Gasteiger partial charge in [-0.15, -0.1) is 24.0 Å². The molecule has 0 radical (unpaired) electrons. The number of carbonyl (C=O) groups excluding carboxylic acids is 1. The first kappa shape index (κ1) is 42.4. The highest BCUT2D eigenvalue weighted by Gasteiger charge is 2.21. The molecule has 4 rings (SSSR count). The number of carbonyl (C=O) groups is 2. The van der Waals surface area contributed by atoms with E-state index in [2.05, 4.69) is 29.4 Å². The molecule has 4 N–H and O–H groups in total. The first-order valence-corrected chi connectivity index (χ1v) is 17.7. The summed E-state index contributed by atoms with van der Waals surface area (Å²) in [5, 5.41) is 13.0. The van der Waals surface area contributed by atoms with Crippen LogP contribution in [-0.2, 0) is 29.3 Å². The van der Waals surface area contributed by atoms with Gasteiger partial charge in [-0.2, -0.15) is 0 Å². The molecular weight excluding hydrogens is 729 g/mol. The standard InChI is InChI=1S/C39H45Cl2N3O7.ClH/c1-25-28(9-6-10-31(25)32-11-7-13-35(26(32)2)49-16-8-14-40)24-51-37-19-36(50-23-27-17-30(38(45)46)21-43-20-27)29(18-33(37)41)22-44-34(39(47)48-3)12-4-5-15-42;/h6-7,9-11,13,17-21,34,44H,4-5,8,12,14-16,22-24,42H2,1-3H3,(H,45,46);1H. The van der Waals surface area contributed by atoms with E-state index in [0.29, 0.717) is 53.1 Å². The molecule has 0 aliphatic carbocycles. The van der Waals surface area contributed by atoms with E-state index in [9.17, 15) is 14.7 Å². The number of hydrogen-bond acceptors (Lipinski definition) is 9. The predicted molar refractivity (Wildman–Crippen MR) is 206 cm³/mol. The molecule has 0 amide bonds. The Labute approximate surface area is 321 Å². The third kappa shape index (κ3) is 11.7. The summed E-state index contributed by atoms with van der Waals surface area (Å²) in [7, 11) is 1.35. The number of rotatable bonds is 20. The minimum atomic E-state index is -1.09. The Bertz CT molecular complexity index is 1790. The lowest BCUT2D eigenvalue weighted by Gasteiger charge is -2.20. The summed E-state index contributed by atoms with van der Waals surface area (Å²) in [6, 6.07) is 16.5. The highest BCUT2D eigenvalue weighted by Crippen LogP contribution is 2.36. The zero-order chi connectivity index (χ0) is 36.8.